The summed E-state index contributed by atoms with van der Waals surface area (Å²) in [5.74, 6) is 0.280. The average Bonchev–Trinajstić information content (AvgIpc) is 2.63. The number of halogens is 3. The van der Waals surface area contributed by atoms with E-state index >= 15 is 0 Å². The molecule has 150 valence electrons. The van der Waals surface area contributed by atoms with Gasteiger partial charge < -0.3 is 9.80 Å². The maximum atomic E-state index is 12.6. The van der Waals surface area contributed by atoms with Crippen molar-refractivity contribution in [1.29, 1.82) is 0 Å². The molecular formula is C19H26F3N3OS. The van der Waals surface area contributed by atoms with E-state index in [2.05, 4.69) is 9.80 Å². The molecule has 1 aromatic rings. The Bertz CT molecular complexity index is 633. The van der Waals surface area contributed by atoms with Gasteiger partial charge in [-0.15, -0.1) is 0 Å². The van der Waals surface area contributed by atoms with Gasteiger partial charge in [0.05, 0.1) is 0 Å². The molecule has 0 unspecified atom stereocenters. The fraction of sp³-hybridized carbons (Fsp3) is 0.632. The quantitative estimate of drug-likeness (QED) is 0.677. The molecule has 0 N–H and O–H groups in total. The van der Waals surface area contributed by atoms with Gasteiger partial charge in [-0.3, -0.25) is 9.69 Å². The fourth-order valence-electron chi connectivity index (χ4n) is 3.69. The van der Waals surface area contributed by atoms with E-state index in [4.69, 9.17) is 0 Å². The van der Waals surface area contributed by atoms with Crippen LogP contribution in [0.15, 0.2) is 29.2 Å². The summed E-state index contributed by atoms with van der Waals surface area (Å²) in [6.07, 6.45) is 3.78. The van der Waals surface area contributed by atoms with Crippen molar-refractivity contribution >= 4 is 23.4 Å². The van der Waals surface area contributed by atoms with Crippen LogP contribution in [0, 0.1) is 0 Å². The summed E-state index contributed by atoms with van der Waals surface area (Å²) in [5.41, 5.74) is -3.41. The molecule has 8 heteroatoms. The highest BCUT2D eigenvalue weighted by atomic mass is 32.2. The molecule has 0 atom stereocenters. The van der Waals surface area contributed by atoms with E-state index in [0.29, 0.717) is 6.42 Å². The van der Waals surface area contributed by atoms with E-state index in [1.807, 2.05) is 11.0 Å². The minimum Gasteiger partial charge on any atom is -0.369 e. The molecule has 4 nitrogen and oxygen atoms in total. The van der Waals surface area contributed by atoms with E-state index in [1.165, 1.54) is 6.07 Å². The molecule has 1 amide bonds. The standard InChI is InChI=1S/C19H26F3N3OS/c20-19(21,22)27-17-6-3-5-16(15-17)24-13-11-23(12-14-24)8-4-10-25-9-2-1-7-18(25)26/h3,5-6,15H,1-2,4,7-14H2. The van der Waals surface area contributed by atoms with Crippen LogP contribution in [0.1, 0.15) is 25.7 Å². The second-order valence-corrected chi connectivity index (χ2v) is 8.20. The van der Waals surface area contributed by atoms with Crippen LogP contribution in [-0.4, -0.2) is 67.0 Å². The number of carbonyl (C=O) groups excluding carboxylic acids is 1. The number of piperidine rings is 1. The Balaban J connectivity index is 1.42. The number of hydrogen-bond acceptors (Lipinski definition) is 4. The molecule has 0 radical (unpaired) electrons. The first-order chi connectivity index (χ1) is 12.9. The number of benzene rings is 1. The zero-order valence-electron chi connectivity index (χ0n) is 15.4. The fourth-order valence-corrected chi connectivity index (χ4v) is 4.28. The molecule has 2 saturated heterocycles. The van der Waals surface area contributed by atoms with Gasteiger partial charge in [-0.05, 0) is 55.8 Å². The molecule has 0 spiro atoms. The normalized spacial score (nSPS) is 19.6. The summed E-state index contributed by atoms with van der Waals surface area (Å²) in [6.45, 7) is 6.08. The highest BCUT2D eigenvalue weighted by Gasteiger charge is 2.29. The lowest BCUT2D eigenvalue weighted by Crippen LogP contribution is -2.47. The zero-order valence-corrected chi connectivity index (χ0v) is 16.2. The first kappa shape index (κ1) is 20.3. The minimum absolute atomic E-state index is 0.0650. The number of carbonyl (C=O) groups is 1. The Morgan fingerprint density at radius 2 is 1.78 bits per heavy atom. The molecule has 0 saturated carbocycles. The van der Waals surface area contributed by atoms with Crippen molar-refractivity contribution < 1.29 is 18.0 Å². The smallest absolute Gasteiger partial charge is 0.369 e. The molecule has 0 bridgehead atoms. The van der Waals surface area contributed by atoms with Crippen LogP contribution in [0.4, 0.5) is 18.9 Å². The number of nitrogens with zero attached hydrogens (tertiary/aromatic N) is 3. The topological polar surface area (TPSA) is 26.8 Å². The maximum Gasteiger partial charge on any atom is 0.446 e. The van der Waals surface area contributed by atoms with Crippen LogP contribution in [0.25, 0.3) is 0 Å². The molecular weight excluding hydrogens is 375 g/mol. The monoisotopic (exact) mass is 401 g/mol. The van der Waals surface area contributed by atoms with Crippen molar-refractivity contribution in [3.63, 3.8) is 0 Å². The van der Waals surface area contributed by atoms with Gasteiger partial charge >= 0.3 is 5.51 Å². The lowest BCUT2D eigenvalue weighted by atomic mass is 10.1. The predicted octanol–water partition coefficient (Wildman–Crippen LogP) is 3.82. The summed E-state index contributed by atoms with van der Waals surface area (Å²) in [7, 11) is 0. The van der Waals surface area contributed by atoms with Gasteiger partial charge in [-0.1, -0.05) is 6.07 Å². The van der Waals surface area contributed by atoms with Crippen molar-refractivity contribution in [2.24, 2.45) is 0 Å². The molecule has 1 aromatic carbocycles. The molecule has 0 aliphatic carbocycles. The summed E-state index contributed by atoms with van der Waals surface area (Å²) < 4.78 is 37.7. The Morgan fingerprint density at radius 1 is 1.00 bits per heavy atom. The number of likely N-dealkylation sites (tertiary alicyclic amines) is 1. The molecule has 2 aliphatic rings. The SMILES string of the molecule is O=C1CCCCN1CCCN1CCN(c2cccc(SC(F)(F)F)c2)CC1. The van der Waals surface area contributed by atoms with Crippen LogP contribution >= 0.6 is 11.8 Å². The van der Waals surface area contributed by atoms with Crippen molar-refractivity contribution in [3.8, 4) is 0 Å². The van der Waals surface area contributed by atoms with Gasteiger partial charge in [0.2, 0.25) is 5.91 Å². The maximum absolute atomic E-state index is 12.6. The number of anilines is 1. The number of alkyl halides is 3. The second kappa shape index (κ2) is 9.19. The summed E-state index contributed by atoms with van der Waals surface area (Å²) in [5, 5.41) is 0. The third kappa shape index (κ3) is 6.31. The zero-order chi connectivity index (χ0) is 19.3. The molecule has 0 aromatic heterocycles. The van der Waals surface area contributed by atoms with Crippen molar-refractivity contribution in [3.05, 3.63) is 24.3 Å². The van der Waals surface area contributed by atoms with Crippen molar-refractivity contribution in [1.82, 2.24) is 9.80 Å². The Morgan fingerprint density at radius 3 is 2.48 bits per heavy atom. The molecule has 2 aliphatic heterocycles. The summed E-state index contributed by atoms with van der Waals surface area (Å²) >= 11 is -0.0650. The van der Waals surface area contributed by atoms with Crippen LogP contribution in [0.3, 0.4) is 0 Å². The largest absolute Gasteiger partial charge is 0.446 e. The van der Waals surface area contributed by atoms with Crippen LogP contribution in [-0.2, 0) is 4.79 Å². The molecule has 27 heavy (non-hydrogen) atoms. The molecule has 2 heterocycles. The molecule has 2 fully saturated rings. The second-order valence-electron chi connectivity index (χ2n) is 7.07. The predicted molar refractivity (Wildman–Crippen MR) is 102 cm³/mol. The Kier molecular flexibility index (Phi) is 6.92. The number of hydrogen-bond donors (Lipinski definition) is 0. The number of thioether (sulfide) groups is 1. The first-order valence-corrected chi connectivity index (χ1v) is 10.3. The average molecular weight is 401 g/mol. The van der Waals surface area contributed by atoms with E-state index in [1.54, 1.807) is 12.1 Å². The number of amides is 1. The minimum atomic E-state index is -4.26. The van der Waals surface area contributed by atoms with Gasteiger partial charge in [0.25, 0.3) is 0 Å². The summed E-state index contributed by atoms with van der Waals surface area (Å²) in [4.78, 5) is 18.5. The highest BCUT2D eigenvalue weighted by Crippen LogP contribution is 2.38. The van der Waals surface area contributed by atoms with Crippen LogP contribution < -0.4 is 4.90 Å². The highest BCUT2D eigenvalue weighted by molar-refractivity contribution is 8.00. The van der Waals surface area contributed by atoms with Gasteiger partial charge in [0.15, 0.2) is 0 Å². The lowest BCUT2D eigenvalue weighted by molar-refractivity contribution is -0.133. The Hall–Kier alpha value is -1.41. The van der Waals surface area contributed by atoms with E-state index in [0.717, 1.165) is 70.8 Å². The van der Waals surface area contributed by atoms with E-state index in [9.17, 15) is 18.0 Å². The third-order valence-corrected chi connectivity index (χ3v) is 5.83. The molecule has 3 rings (SSSR count). The van der Waals surface area contributed by atoms with Crippen molar-refractivity contribution in [2.75, 3.05) is 50.7 Å². The lowest BCUT2D eigenvalue weighted by Gasteiger charge is -2.36. The first-order valence-electron chi connectivity index (χ1n) is 9.52. The number of rotatable bonds is 6. The Labute approximate surface area is 162 Å². The van der Waals surface area contributed by atoms with E-state index in [-0.39, 0.29) is 22.6 Å². The van der Waals surface area contributed by atoms with Gasteiger partial charge in [0.1, 0.15) is 0 Å². The third-order valence-electron chi connectivity index (χ3n) is 5.11. The van der Waals surface area contributed by atoms with Gasteiger partial charge in [-0.25, -0.2) is 0 Å². The van der Waals surface area contributed by atoms with Crippen LogP contribution in [0.5, 0.6) is 0 Å². The van der Waals surface area contributed by atoms with Crippen LogP contribution in [0.2, 0.25) is 0 Å². The number of piperazine rings is 1. The van der Waals surface area contributed by atoms with Gasteiger partial charge in [-0.2, -0.15) is 13.2 Å². The summed E-state index contributed by atoms with van der Waals surface area (Å²) in [6, 6.07) is 6.68. The van der Waals surface area contributed by atoms with Crippen molar-refractivity contribution in [2.45, 2.75) is 36.1 Å². The van der Waals surface area contributed by atoms with E-state index < -0.39 is 5.51 Å². The van der Waals surface area contributed by atoms with Gasteiger partial charge in [0, 0.05) is 56.3 Å².